The smallest absolute Gasteiger partial charge is 0.255 e. The lowest BCUT2D eigenvalue weighted by molar-refractivity contribution is 0.102. The molecule has 1 fully saturated rings. The minimum atomic E-state index is -0.0710. The Hall–Kier alpha value is -2.55. The van der Waals surface area contributed by atoms with Gasteiger partial charge in [0.15, 0.2) is 0 Å². The second-order valence-electron chi connectivity index (χ2n) is 9.53. The third kappa shape index (κ3) is 3.58. The van der Waals surface area contributed by atoms with Crippen LogP contribution in [0.3, 0.4) is 0 Å². The zero-order chi connectivity index (χ0) is 19.9. The van der Waals surface area contributed by atoms with Crippen molar-refractivity contribution in [1.82, 2.24) is 4.98 Å². The van der Waals surface area contributed by atoms with E-state index in [-0.39, 0.29) is 16.7 Å². The lowest BCUT2D eigenvalue weighted by atomic mass is 9.85. The van der Waals surface area contributed by atoms with Crippen LogP contribution in [-0.4, -0.2) is 10.9 Å². The predicted octanol–water partition coefficient (Wildman–Crippen LogP) is 6.55. The van der Waals surface area contributed by atoms with E-state index in [2.05, 4.69) is 56.2 Å². The monoisotopic (exact) mass is 374 g/mol. The third-order valence-electron chi connectivity index (χ3n) is 6.25. The summed E-state index contributed by atoms with van der Waals surface area (Å²) < 4.78 is 0. The Kier molecular flexibility index (Phi) is 4.57. The van der Waals surface area contributed by atoms with E-state index < -0.39 is 0 Å². The first kappa shape index (κ1) is 18.8. The molecule has 0 bridgehead atoms. The Labute approximate surface area is 167 Å². The van der Waals surface area contributed by atoms with Crippen LogP contribution in [0.25, 0.3) is 10.9 Å². The van der Waals surface area contributed by atoms with Gasteiger partial charge in [0.1, 0.15) is 0 Å². The number of carbonyl (C=O) groups is 1. The van der Waals surface area contributed by atoms with E-state index in [1.165, 1.54) is 36.9 Å². The summed E-state index contributed by atoms with van der Waals surface area (Å²) in [5.41, 5.74) is 5.54. The van der Waals surface area contributed by atoms with E-state index in [0.717, 1.165) is 16.6 Å². The van der Waals surface area contributed by atoms with Crippen molar-refractivity contribution < 1.29 is 4.79 Å². The molecule has 28 heavy (non-hydrogen) atoms. The van der Waals surface area contributed by atoms with Gasteiger partial charge in [0, 0.05) is 33.3 Å². The Morgan fingerprint density at radius 3 is 2.32 bits per heavy atom. The van der Waals surface area contributed by atoms with Gasteiger partial charge in [0.05, 0.1) is 0 Å². The molecule has 3 nitrogen and oxygen atoms in total. The van der Waals surface area contributed by atoms with Crippen LogP contribution in [-0.2, 0) is 10.8 Å². The van der Waals surface area contributed by atoms with Gasteiger partial charge in [0.2, 0.25) is 0 Å². The minimum Gasteiger partial charge on any atom is -0.358 e. The van der Waals surface area contributed by atoms with E-state index in [1.807, 2.05) is 30.3 Å². The van der Waals surface area contributed by atoms with Crippen molar-refractivity contribution in [2.24, 2.45) is 0 Å². The molecule has 0 atom stereocenters. The maximum absolute atomic E-state index is 12.7. The van der Waals surface area contributed by atoms with Crippen molar-refractivity contribution in [3.63, 3.8) is 0 Å². The molecule has 3 aromatic rings. The number of carbonyl (C=O) groups excluding carboxylic acids is 1. The number of hydrogen-bond acceptors (Lipinski definition) is 1. The van der Waals surface area contributed by atoms with Crippen LogP contribution in [0, 0.1) is 0 Å². The summed E-state index contributed by atoms with van der Waals surface area (Å²) in [4.78, 5) is 16.3. The highest BCUT2D eigenvalue weighted by Gasteiger charge is 2.31. The molecule has 2 aromatic carbocycles. The summed E-state index contributed by atoms with van der Waals surface area (Å²) in [6.45, 7) is 8.88. The molecule has 1 aliphatic rings. The molecule has 1 saturated carbocycles. The molecule has 1 aromatic heterocycles. The molecule has 1 aliphatic carbocycles. The largest absolute Gasteiger partial charge is 0.358 e. The number of aromatic nitrogens is 1. The molecule has 0 radical (unpaired) electrons. The first-order valence-electron chi connectivity index (χ1n) is 10.3. The SMILES string of the molecule is CC(C)(C)c1ccc(C(=O)Nc2ccc3[nH]c(C4(C)CCCC4)cc3c2)cc1. The average molecular weight is 375 g/mol. The second kappa shape index (κ2) is 6.80. The van der Waals surface area contributed by atoms with Gasteiger partial charge in [-0.1, -0.05) is 52.7 Å². The molecule has 1 amide bonds. The zero-order valence-electron chi connectivity index (χ0n) is 17.4. The number of aromatic amines is 1. The number of fused-ring (bicyclic) bond motifs is 1. The van der Waals surface area contributed by atoms with Crippen molar-refractivity contribution in [1.29, 1.82) is 0 Å². The van der Waals surface area contributed by atoms with Crippen molar-refractivity contribution >= 4 is 22.5 Å². The van der Waals surface area contributed by atoms with Crippen LogP contribution in [0.15, 0.2) is 48.5 Å². The van der Waals surface area contributed by atoms with Gasteiger partial charge in [-0.25, -0.2) is 0 Å². The molecular formula is C25H30N2O. The highest BCUT2D eigenvalue weighted by molar-refractivity contribution is 6.05. The van der Waals surface area contributed by atoms with Crippen LogP contribution >= 0.6 is 0 Å². The number of rotatable bonds is 3. The van der Waals surface area contributed by atoms with Crippen molar-refractivity contribution in [3.8, 4) is 0 Å². The molecule has 146 valence electrons. The fourth-order valence-corrected chi connectivity index (χ4v) is 4.29. The third-order valence-corrected chi connectivity index (χ3v) is 6.25. The van der Waals surface area contributed by atoms with E-state index in [1.54, 1.807) is 0 Å². The van der Waals surface area contributed by atoms with Crippen LogP contribution in [0.2, 0.25) is 0 Å². The average Bonchev–Trinajstić information content (AvgIpc) is 3.28. The van der Waals surface area contributed by atoms with E-state index in [4.69, 9.17) is 0 Å². The molecule has 1 heterocycles. The van der Waals surface area contributed by atoms with Gasteiger partial charge in [-0.3, -0.25) is 4.79 Å². The molecule has 0 unspecified atom stereocenters. The van der Waals surface area contributed by atoms with Crippen LogP contribution in [0.5, 0.6) is 0 Å². The van der Waals surface area contributed by atoms with Gasteiger partial charge < -0.3 is 10.3 Å². The number of anilines is 1. The highest BCUT2D eigenvalue weighted by atomic mass is 16.1. The Morgan fingerprint density at radius 2 is 1.68 bits per heavy atom. The highest BCUT2D eigenvalue weighted by Crippen LogP contribution is 2.41. The molecule has 0 saturated heterocycles. The summed E-state index contributed by atoms with van der Waals surface area (Å²) in [6, 6.07) is 16.3. The lowest BCUT2D eigenvalue weighted by Crippen LogP contribution is -2.16. The zero-order valence-corrected chi connectivity index (χ0v) is 17.4. The molecule has 4 rings (SSSR count). The van der Waals surface area contributed by atoms with Crippen LogP contribution in [0.1, 0.15) is 75.0 Å². The Morgan fingerprint density at radius 1 is 1.00 bits per heavy atom. The lowest BCUT2D eigenvalue weighted by Gasteiger charge is -2.21. The molecule has 0 spiro atoms. The van der Waals surface area contributed by atoms with Crippen LogP contribution < -0.4 is 5.32 Å². The second-order valence-corrected chi connectivity index (χ2v) is 9.53. The topological polar surface area (TPSA) is 44.9 Å². The molecule has 3 heteroatoms. The fraction of sp³-hybridized carbons (Fsp3) is 0.400. The minimum absolute atomic E-state index is 0.0710. The van der Waals surface area contributed by atoms with E-state index in [9.17, 15) is 4.79 Å². The number of nitrogens with one attached hydrogen (secondary N) is 2. The van der Waals surface area contributed by atoms with Crippen molar-refractivity contribution in [2.45, 2.75) is 64.2 Å². The molecular weight excluding hydrogens is 344 g/mol. The summed E-state index contributed by atoms with van der Waals surface area (Å²) in [5.74, 6) is -0.0710. The quantitative estimate of drug-likeness (QED) is 0.536. The van der Waals surface area contributed by atoms with E-state index >= 15 is 0 Å². The molecule has 0 aliphatic heterocycles. The van der Waals surface area contributed by atoms with Gasteiger partial charge in [0.25, 0.3) is 5.91 Å². The van der Waals surface area contributed by atoms with Crippen molar-refractivity contribution in [2.75, 3.05) is 5.32 Å². The summed E-state index contributed by atoms with van der Waals surface area (Å²) in [6.07, 6.45) is 5.10. The van der Waals surface area contributed by atoms with Gasteiger partial charge in [-0.15, -0.1) is 0 Å². The maximum atomic E-state index is 12.7. The number of hydrogen-bond donors (Lipinski definition) is 2. The van der Waals surface area contributed by atoms with Crippen molar-refractivity contribution in [3.05, 3.63) is 65.4 Å². The van der Waals surface area contributed by atoms with Gasteiger partial charge in [-0.2, -0.15) is 0 Å². The van der Waals surface area contributed by atoms with E-state index in [0.29, 0.717) is 5.56 Å². The fourth-order valence-electron chi connectivity index (χ4n) is 4.29. The Bertz CT molecular complexity index is 999. The van der Waals surface area contributed by atoms with Gasteiger partial charge in [-0.05, 0) is 60.2 Å². The number of amides is 1. The first-order valence-corrected chi connectivity index (χ1v) is 10.3. The summed E-state index contributed by atoms with van der Waals surface area (Å²) >= 11 is 0. The summed E-state index contributed by atoms with van der Waals surface area (Å²) in [7, 11) is 0. The van der Waals surface area contributed by atoms with Crippen LogP contribution in [0.4, 0.5) is 5.69 Å². The predicted molar refractivity (Wildman–Crippen MR) is 117 cm³/mol. The maximum Gasteiger partial charge on any atom is 0.255 e. The van der Waals surface area contributed by atoms with Gasteiger partial charge >= 0.3 is 0 Å². The number of H-pyrrole nitrogens is 1. The molecule has 2 N–H and O–H groups in total. The summed E-state index contributed by atoms with van der Waals surface area (Å²) in [5, 5.41) is 4.20. The number of benzene rings is 2. The normalized spacial score (nSPS) is 16.4. The first-order chi connectivity index (χ1) is 13.2. The Balaban J connectivity index is 1.53. The standard InChI is InChI=1S/C25H30N2O/c1-24(2,3)19-9-7-17(8-10-19)23(28)26-20-11-12-21-18(15-20)16-22(27-21)25(4)13-5-6-14-25/h7-12,15-16,27H,5-6,13-14H2,1-4H3,(H,26,28).